The molecule has 1 amide bonds. The number of carbonyl (C=O) groups excluding carboxylic acids is 1. The molecule has 3 nitrogen and oxygen atoms in total. The third-order valence-corrected chi connectivity index (χ3v) is 3.15. The molecule has 2 aromatic rings. The van der Waals surface area contributed by atoms with Gasteiger partial charge in [-0.25, -0.2) is 4.39 Å². The van der Waals surface area contributed by atoms with Crippen LogP contribution in [0.3, 0.4) is 0 Å². The zero-order valence-corrected chi connectivity index (χ0v) is 11.5. The van der Waals surface area contributed by atoms with E-state index in [0.717, 1.165) is 17.2 Å². The summed E-state index contributed by atoms with van der Waals surface area (Å²) in [6.07, 6.45) is 0. The van der Waals surface area contributed by atoms with Crippen molar-refractivity contribution in [1.82, 2.24) is 5.32 Å². The maximum Gasteiger partial charge on any atom is 0.253 e. The van der Waals surface area contributed by atoms with Crippen LogP contribution in [0.2, 0.25) is 0 Å². The first-order valence-electron chi connectivity index (χ1n) is 6.40. The van der Waals surface area contributed by atoms with E-state index in [2.05, 4.69) is 5.32 Å². The summed E-state index contributed by atoms with van der Waals surface area (Å²) in [7, 11) is 0. The molecule has 0 unspecified atom stereocenters. The lowest BCUT2D eigenvalue weighted by atomic mass is 10.0. The molecule has 2 rings (SSSR count). The van der Waals surface area contributed by atoms with Crippen molar-refractivity contribution < 1.29 is 9.18 Å². The first-order valence-corrected chi connectivity index (χ1v) is 6.40. The number of carbonyl (C=O) groups is 1. The van der Waals surface area contributed by atoms with E-state index >= 15 is 0 Å². The van der Waals surface area contributed by atoms with E-state index in [9.17, 15) is 9.18 Å². The highest BCUT2D eigenvalue weighted by atomic mass is 19.1. The molecular formula is C16H17FN2O. The van der Waals surface area contributed by atoms with Crippen molar-refractivity contribution >= 4 is 11.6 Å². The number of anilines is 1. The molecule has 1 atom stereocenters. The molecule has 3 N–H and O–H groups in total. The standard InChI is InChI=1S/C16H17FN2O/c1-10-4-3-5-12(8-10)11(2)19-16(20)14-7-6-13(17)9-15(14)18/h3-9,11H,18H2,1-2H3,(H,19,20)/t11-/m1/s1. The molecule has 0 aromatic heterocycles. The zero-order chi connectivity index (χ0) is 14.7. The fourth-order valence-corrected chi connectivity index (χ4v) is 2.04. The van der Waals surface area contributed by atoms with Crippen LogP contribution in [-0.4, -0.2) is 5.91 Å². The van der Waals surface area contributed by atoms with Crippen LogP contribution >= 0.6 is 0 Å². The monoisotopic (exact) mass is 272 g/mol. The van der Waals surface area contributed by atoms with Crippen LogP contribution in [0, 0.1) is 12.7 Å². The highest BCUT2D eigenvalue weighted by molar-refractivity contribution is 5.99. The quantitative estimate of drug-likeness (QED) is 0.843. The molecule has 0 bridgehead atoms. The first kappa shape index (κ1) is 14.1. The molecule has 0 aliphatic carbocycles. The molecule has 104 valence electrons. The van der Waals surface area contributed by atoms with E-state index in [1.165, 1.54) is 12.1 Å². The summed E-state index contributed by atoms with van der Waals surface area (Å²) < 4.78 is 13.0. The van der Waals surface area contributed by atoms with Gasteiger partial charge in [0.1, 0.15) is 5.82 Å². The Hall–Kier alpha value is -2.36. The van der Waals surface area contributed by atoms with Gasteiger partial charge in [0.2, 0.25) is 0 Å². The van der Waals surface area contributed by atoms with E-state index < -0.39 is 5.82 Å². The van der Waals surface area contributed by atoms with Crippen LogP contribution in [0.5, 0.6) is 0 Å². The van der Waals surface area contributed by atoms with E-state index in [1.54, 1.807) is 0 Å². The average Bonchev–Trinajstić information content (AvgIpc) is 2.38. The second-order valence-electron chi connectivity index (χ2n) is 4.84. The molecule has 4 heteroatoms. The van der Waals surface area contributed by atoms with Gasteiger partial charge in [-0.15, -0.1) is 0 Å². The number of aryl methyl sites for hydroxylation is 1. The number of halogens is 1. The summed E-state index contributed by atoms with van der Waals surface area (Å²) >= 11 is 0. The number of amides is 1. The van der Waals surface area contributed by atoms with Crippen LogP contribution in [0.4, 0.5) is 10.1 Å². The highest BCUT2D eigenvalue weighted by Gasteiger charge is 2.14. The number of nitrogens with two attached hydrogens (primary N) is 1. The predicted molar refractivity (Wildman–Crippen MR) is 77.9 cm³/mol. The Morgan fingerprint density at radius 3 is 2.65 bits per heavy atom. The van der Waals surface area contributed by atoms with Gasteiger partial charge in [-0.2, -0.15) is 0 Å². The molecule has 2 aromatic carbocycles. The number of nitrogens with one attached hydrogen (secondary N) is 1. The number of rotatable bonds is 3. The summed E-state index contributed by atoms with van der Waals surface area (Å²) in [5.74, 6) is -0.762. The lowest BCUT2D eigenvalue weighted by Crippen LogP contribution is -2.27. The smallest absolute Gasteiger partial charge is 0.253 e. The molecule has 0 saturated carbocycles. The van der Waals surface area contributed by atoms with E-state index in [1.807, 2.05) is 38.1 Å². The molecule has 0 spiro atoms. The Morgan fingerprint density at radius 2 is 2.00 bits per heavy atom. The Bertz CT molecular complexity index is 640. The van der Waals surface area contributed by atoms with Crippen LogP contribution in [0.15, 0.2) is 42.5 Å². The first-order chi connectivity index (χ1) is 9.47. The Kier molecular flexibility index (Phi) is 4.03. The van der Waals surface area contributed by atoms with Gasteiger partial charge >= 0.3 is 0 Å². The Balaban J connectivity index is 2.15. The Morgan fingerprint density at radius 1 is 1.25 bits per heavy atom. The van der Waals surface area contributed by atoms with E-state index in [4.69, 9.17) is 5.73 Å². The number of hydrogen-bond donors (Lipinski definition) is 2. The third kappa shape index (κ3) is 3.15. The molecule has 0 heterocycles. The van der Waals surface area contributed by atoms with Crippen LogP contribution in [0.1, 0.15) is 34.5 Å². The van der Waals surface area contributed by atoms with Gasteiger partial charge in [-0.05, 0) is 37.6 Å². The molecule has 0 saturated heterocycles. The van der Waals surface area contributed by atoms with Gasteiger partial charge in [0, 0.05) is 5.69 Å². The maximum atomic E-state index is 13.0. The summed E-state index contributed by atoms with van der Waals surface area (Å²) in [4.78, 5) is 12.1. The van der Waals surface area contributed by atoms with Crippen molar-refractivity contribution in [3.05, 3.63) is 65.0 Å². The number of nitrogen functional groups attached to an aromatic ring is 1. The Labute approximate surface area is 117 Å². The van der Waals surface area contributed by atoms with Gasteiger partial charge in [0.25, 0.3) is 5.91 Å². The zero-order valence-electron chi connectivity index (χ0n) is 11.5. The minimum Gasteiger partial charge on any atom is -0.398 e. The summed E-state index contributed by atoms with van der Waals surface area (Å²) in [5, 5.41) is 2.86. The van der Waals surface area contributed by atoms with Crippen molar-refractivity contribution in [3.63, 3.8) is 0 Å². The van der Waals surface area contributed by atoms with Crippen LogP contribution in [0.25, 0.3) is 0 Å². The van der Waals surface area contributed by atoms with Crippen molar-refractivity contribution in [2.24, 2.45) is 0 Å². The van der Waals surface area contributed by atoms with Gasteiger partial charge in [-0.3, -0.25) is 4.79 Å². The van der Waals surface area contributed by atoms with Gasteiger partial charge in [0.15, 0.2) is 0 Å². The van der Waals surface area contributed by atoms with Crippen LogP contribution < -0.4 is 11.1 Å². The second-order valence-corrected chi connectivity index (χ2v) is 4.84. The topological polar surface area (TPSA) is 55.1 Å². The van der Waals surface area contributed by atoms with Crippen molar-refractivity contribution in [2.45, 2.75) is 19.9 Å². The fourth-order valence-electron chi connectivity index (χ4n) is 2.04. The van der Waals surface area contributed by atoms with E-state index in [0.29, 0.717) is 0 Å². The lowest BCUT2D eigenvalue weighted by molar-refractivity contribution is 0.0940. The van der Waals surface area contributed by atoms with Crippen molar-refractivity contribution in [2.75, 3.05) is 5.73 Å². The normalized spacial score (nSPS) is 11.9. The average molecular weight is 272 g/mol. The van der Waals surface area contributed by atoms with Gasteiger partial charge in [-0.1, -0.05) is 29.8 Å². The molecule has 0 aliphatic heterocycles. The van der Waals surface area contributed by atoms with E-state index in [-0.39, 0.29) is 23.2 Å². The summed E-state index contributed by atoms with van der Waals surface area (Å²) in [6.45, 7) is 3.89. The van der Waals surface area contributed by atoms with Gasteiger partial charge in [0.05, 0.1) is 11.6 Å². The SMILES string of the molecule is Cc1cccc([C@@H](C)NC(=O)c2ccc(F)cc2N)c1. The van der Waals surface area contributed by atoms with Crippen molar-refractivity contribution in [1.29, 1.82) is 0 Å². The minimum absolute atomic E-state index is 0.138. The number of benzene rings is 2. The highest BCUT2D eigenvalue weighted by Crippen LogP contribution is 2.17. The third-order valence-electron chi connectivity index (χ3n) is 3.15. The molecule has 0 radical (unpaired) electrons. The van der Waals surface area contributed by atoms with Gasteiger partial charge < -0.3 is 11.1 Å². The fraction of sp³-hybridized carbons (Fsp3) is 0.188. The lowest BCUT2D eigenvalue weighted by Gasteiger charge is -2.15. The van der Waals surface area contributed by atoms with Crippen LogP contribution in [-0.2, 0) is 0 Å². The molecular weight excluding hydrogens is 255 g/mol. The predicted octanol–water partition coefficient (Wildman–Crippen LogP) is 3.21. The summed E-state index contributed by atoms with van der Waals surface area (Å²) in [5.41, 5.74) is 8.22. The maximum absolute atomic E-state index is 13.0. The minimum atomic E-state index is -0.453. The van der Waals surface area contributed by atoms with Crippen molar-refractivity contribution in [3.8, 4) is 0 Å². The molecule has 0 fully saturated rings. The summed E-state index contributed by atoms with van der Waals surface area (Å²) in [6, 6.07) is 11.5. The number of hydrogen-bond acceptors (Lipinski definition) is 2. The molecule has 20 heavy (non-hydrogen) atoms. The molecule has 0 aliphatic rings. The second kappa shape index (κ2) is 5.74. The largest absolute Gasteiger partial charge is 0.398 e.